The molecular weight excluding hydrogens is 297 g/mol. The molecule has 0 saturated carbocycles. The van der Waals surface area contributed by atoms with Crippen molar-refractivity contribution in [1.82, 2.24) is 0 Å². The van der Waals surface area contributed by atoms with Gasteiger partial charge in [0.2, 0.25) is 5.91 Å². The van der Waals surface area contributed by atoms with Crippen LogP contribution < -0.4 is 5.32 Å². The number of carbonyl (C=O) groups excluding carboxylic acids is 2. The summed E-state index contributed by atoms with van der Waals surface area (Å²) >= 11 is 0. The molecule has 1 amide bonds. The Bertz CT molecular complexity index is 696. The maximum atomic E-state index is 12.8. The molecule has 0 fully saturated rings. The maximum Gasteiger partial charge on any atom is 0.338 e. The molecule has 2 rings (SSSR count). The summed E-state index contributed by atoms with van der Waals surface area (Å²) in [6.45, 7) is 3.54. The first-order chi connectivity index (χ1) is 10.9. The number of nitrogens with one attached hydrogen (secondary N) is 1. The Labute approximate surface area is 134 Å². The molecule has 23 heavy (non-hydrogen) atoms. The molecule has 0 aliphatic carbocycles. The van der Waals surface area contributed by atoms with Gasteiger partial charge in [-0.1, -0.05) is 18.2 Å². The summed E-state index contributed by atoms with van der Waals surface area (Å²) in [7, 11) is 0. The first-order valence-corrected chi connectivity index (χ1v) is 7.29. The summed E-state index contributed by atoms with van der Waals surface area (Å²) in [6, 6.07) is 12.3. The van der Waals surface area contributed by atoms with E-state index in [0.29, 0.717) is 16.8 Å². The molecule has 4 nitrogen and oxygen atoms in total. The lowest BCUT2D eigenvalue weighted by Crippen LogP contribution is -2.15. The minimum absolute atomic E-state index is 0.126. The highest BCUT2D eigenvalue weighted by molar-refractivity contribution is 5.95. The van der Waals surface area contributed by atoms with Crippen molar-refractivity contribution in [3.63, 3.8) is 0 Å². The van der Waals surface area contributed by atoms with Crippen molar-refractivity contribution in [3.8, 4) is 0 Å². The number of rotatable bonds is 5. The van der Waals surface area contributed by atoms with Crippen LogP contribution >= 0.6 is 0 Å². The molecule has 0 aliphatic heterocycles. The Morgan fingerprint density at radius 2 is 1.83 bits per heavy atom. The van der Waals surface area contributed by atoms with E-state index in [1.807, 2.05) is 0 Å². The van der Waals surface area contributed by atoms with Crippen molar-refractivity contribution in [2.45, 2.75) is 26.4 Å². The molecule has 0 spiro atoms. The molecular formula is C18H18FNO3. The van der Waals surface area contributed by atoms with E-state index in [4.69, 9.17) is 4.74 Å². The van der Waals surface area contributed by atoms with Crippen molar-refractivity contribution >= 4 is 17.6 Å². The number of hydrogen-bond donors (Lipinski definition) is 1. The van der Waals surface area contributed by atoms with Gasteiger partial charge in [0.05, 0.1) is 18.1 Å². The molecule has 0 aromatic heterocycles. The molecule has 0 bridgehead atoms. The molecule has 0 unspecified atom stereocenters. The number of amides is 1. The maximum absolute atomic E-state index is 12.8. The van der Waals surface area contributed by atoms with Crippen LogP contribution in [0.1, 0.15) is 29.8 Å². The summed E-state index contributed by atoms with van der Waals surface area (Å²) < 4.78 is 18.0. The zero-order chi connectivity index (χ0) is 16.8. The third-order valence-electron chi connectivity index (χ3n) is 3.00. The van der Waals surface area contributed by atoms with Crippen LogP contribution in [0, 0.1) is 5.82 Å². The summed E-state index contributed by atoms with van der Waals surface area (Å²) in [5, 5.41) is 2.71. The predicted molar refractivity (Wildman–Crippen MR) is 85.7 cm³/mol. The number of anilines is 1. The van der Waals surface area contributed by atoms with Crippen molar-refractivity contribution in [2.75, 3.05) is 5.32 Å². The van der Waals surface area contributed by atoms with Crippen molar-refractivity contribution in [3.05, 3.63) is 65.5 Å². The molecule has 120 valence electrons. The Morgan fingerprint density at radius 3 is 2.48 bits per heavy atom. The molecule has 0 aliphatic rings. The summed E-state index contributed by atoms with van der Waals surface area (Å²) in [6.07, 6.45) is -0.0831. The van der Waals surface area contributed by atoms with Crippen LogP contribution in [0.4, 0.5) is 10.1 Å². The quantitative estimate of drug-likeness (QED) is 0.858. The minimum Gasteiger partial charge on any atom is -0.459 e. The van der Waals surface area contributed by atoms with E-state index in [9.17, 15) is 14.0 Å². The topological polar surface area (TPSA) is 55.4 Å². The van der Waals surface area contributed by atoms with Crippen LogP contribution in [0.5, 0.6) is 0 Å². The fraction of sp³-hybridized carbons (Fsp3) is 0.222. The van der Waals surface area contributed by atoms with Gasteiger partial charge in [0.25, 0.3) is 0 Å². The molecule has 0 atom stereocenters. The highest BCUT2D eigenvalue weighted by Crippen LogP contribution is 2.13. The number of halogens is 1. The van der Waals surface area contributed by atoms with Gasteiger partial charge in [-0.2, -0.15) is 0 Å². The second kappa shape index (κ2) is 7.54. The average molecular weight is 315 g/mol. The van der Waals surface area contributed by atoms with Crippen LogP contribution in [0.25, 0.3) is 0 Å². The van der Waals surface area contributed by atoms with Gasteiger partial charge in [0.15, 0.2) is 0 Å². The average Bonchev–Trinajstić information content (AvgIpc) is 2.49. The van der Waals surface area contributed by atoms with Crippen molar-refractivity contribution in [2.24, 2.45) is 0 Å². The van der Waals surface area contributed by atoms with Crippen LogP contribution in [0.3, 0.4) is 0 Å². The smallest absolute Gasteiger partial charge is 0.338 e. The first kappa shape index (κ1) is 16.7. The molecule has 0 heterocycles. The second-order valence-corrected chi connectivity index (χ2v) is 5.39. The molecule has 0 saturated heterocycles. The normalized spacial score (nSPS) is 10.4. The minimum atomic E-state index is -0.436. The number of esters is 1. The van der Waals surface area contributed by atoms with Gasteiger partial charge in [-0.15, -0.1) is 0 Å². The molecule has 0 radical (unpaired) electrons. The Hall–Kier alpha value is -2.69. The van der Waals surface area contributed by atoms with E-state index < -0.39 is 5.97 Å². The van der Waals surface area contributed by atoms with Crippen LogP contribution in [0.2, 0.25) is 0 Å². The van der Waals surface area contributed by atoms with E-state index in [1.54, 1.807) is 50.2 Å². The molecule has 1 N–H and O–H groups in total. The lowest BCUT2D eigenvalue weighted by molar-refractivity contribution is -0.115. The highest BCUT2D eigenvalue weighted by atomic mass is 19.1. The third-order valence-corrected chi connectivity index (χ3v) is 3.00. The van der Waals surface area contributed by atoms with Gasteiger partial charge in [-0.3, -0.25) is 4.79 Å². The Balaban J connectivity index is 2.00. The largest absolute Gasteiger partial charge is 0.459 e. The van der Waals surface area contributed by atoms with Gasteiger partial charge in [0, 0.05) is 5.69 Å². The van der Waals surface area contributed by atoms with Gasteiger partial charge >= 0.3 is 5.97 Å². The van der Waals surface area contributed by atoms with Gasteiger partial charge in [-0.25, -0.2) is 9.18 Å². The SMILES string of the molecule is CC(C)OC(=O)c1cccc(NC(=O)Cc2ccc(F)cc2)c1. The van der Waals surface area contributed by atoms with Crippen LogP contribution in [0.15, 0.2) is 48.5 Å². The fourth-order valence-electron chi connectivity index (χ4n) is 2.00. The van der Waals surface area contributed by atoms with Crippen molar-refractivity contribution in [1.29, 1.82) is 0 Å². The number of ether oxygens (including phenoxy) is 1. The van der Waals surface area contributed by atoms with Gasteiger partial charge in [-0.05, 0) is 49.7 Å². The third kappa shape index (κ3) is 5.21. The zero-order valence-corrected chi connectivity index (χ0v) is 13.0. The van der Waals surface area contributed by atoms with Crippen LogP contribution in [-0.4, -0.2) is 18.0 Å². The molecule has 2 aromatic rings. The van der Waals surface area contributed by atoms with Crippen LogP contribution in [-0.2, 0) is 16.0 Å². The first-order valence-electron chi connectivity index (χ1n) is 7.29. The van der Waals surface area contributed by atoms with E-state index in [2.05, 4.69) is 5.32 Å². The monoisotopic (exact) mass is 315 g/mol. The van der Waals surface area contributed by atoms with E-state index in [0.717, 1.165) is 0 Å². The van der Waals surface area contributed by atoms with Gasteiger partial charge < -0.3 is 10.1 Å². The Morgan fingerprint density at radius 1 is 1.13 bits per heavy atom. The zero-order valence-electron chi connectivity index (χ0n) is 13.0. The highest BCUT2D eigenvalue weighted by Gasteiger charge is 2.11. The van der Waals surface area contributed by atoms with E-state index in [-0.39, 0.29) is 24.2 Å². The number of benzene rings is 2. The summed E-state index contributed by atoms with van der Waals surface area (Å²) in [5.41, 5.74) is 1.59. The fourth-order valence-corrected chi connectivity index (χ4v) is 2.00. The van der Waals surface area contributed by atoms with E-state index in [1.165, 1.54) is 12.1 Å². The predicted octanol–water partition coefficient (Wildman–Crippen LogP) is 3.57. The lowest BCUT2D eigenvalue weighted by Gasteiger charge is -2.10. The number of hydrogen-bond acceptors (Lipinski definition) is 3. The van der Waals surface area contributed by atoms with E-state index >= 15 is 0 Å². The van der Waals surface area contributed by atoms with Gasteiger partial charge in [0.1, 0.15) is 5.82 Å². The summed E-state index contributed by atoms with van der Waals surface area (Å²) in [4.78, 5) is 23.9. The molecule has 2 aromatic carbocycles. The lowest BCUT2D eigenvalue weighted by atomic mass is 10.1. The standard InChI is InChI=1S/C18H18FNO3/c1-12(2)23-18(22)14-4-3-5-16(11-14)20-17(21)10-13-6-8-15(19)9-7-13/h3-9,11-12H,10H2,1-2H3,(H,20,21). The summed E-state index contributed by atoms with van der Waals surface area (Å²) in [5.74, 6) is -1.02. The number of carbonyl (C=O) groups is 2. The van der Waals surface area contributed by atoms with Crippen molar-refractivity contribution < 1.29 is 18.7 Å². The Kier molecular flexibility index (Phi) is 5.46. The second-order valence-electron chi connectivity index (χ2n) is 5.39. The molecule has 5 heteroatoms.